The van der Waals surface area contributed by atoms with Crippen molar-refractivity contribution in [1.82, 2.24) is 4.98 Å². The number of hydrogen-bond acceptors (Lipinski definition) is 4. The topological polar surface area (TPSA) is 48.4 Å². The number of rotatable bonds is 2. The van der Waals surface area contributed by atoms with Gasteiger partial charge in [0.05, 0.1) is 24.5 Å². The normalized spacial score (nSPS) is 18.6. The molecule has 0 saturated carbocycles. The van der Waals surface area contributed by atoms with Crippen molar-refractivity contribution >= 4 is 17.6 Å². The molecule has 5 heteroatoms. The molecule has 1 aliphatic rings. The number of esters is 1. The second kappa shape index (κ2) is 5.02. The van der Waals surface area contributed by atoms with E-state index in [4.69, 9.17) is 21.1 Å². The Morgan fingerprint density at radius 2 is 2.29 bits per heavy atom. The molecule has 17 heavy (non-hydrogen) atoms. The van der Waals surface area contributed by atoms with Crippen molar-refractivity contribution in [2.24, 2.45) is 0 Å². The predicted octanol–water partition coefficient (Wildman–Crippen LogP) is 2.55. The van der Waals surface area contributed by atoms with Crippen LogP contribution < -0.4 is 0 Å². The molecule has 0 N–H and O–H groups in total. The van der Waals surface area contributed by atoms with Crippen molar-refractivity contribution < 1.29 is 14.3 Å². The molecule has 1 aromatic heterocycles. The van der Waals surface area contributed by atoms with Crippen LogP contribution in [0.25, 0.3) is 0 Å². The summed E-state index contributed by atoms with van der Waals surface area (Å²) in [6, 6.07) is 1.56. The van der Waals surface area contributed by atoms with Gasteiger partial charge in [0, 0.05) is 7.11 Å². The second-order valence-corrected chi connectivity index (χ2v) is 4.35. The van der Waals surface area contributed by atoms with Crippen molar-refractivity contribution in [3.8, 4) is 0 Å². The summed E-state index contributed by atoms with van der Waals surface area (Å²) in [5.41, 5.74) is 2.18. The van der Waals surface area contributed by atoms with Gasteiger partial charge in [-0.3, -0.25) is 0 Å². The summed E-state index contributed by atoms with van der Waals surface area (Å²) >= 11 is 5.93. The minimum absolute atomic E-state index is 0.0825. The zero-order valence-electron chi connectivity index (χ0n) is 9.83. The van der Waals surface area contributed by atoms with Crippen LogP contribution in [0.2, 0.25) is 5.15 Å². The van der Waals surface area contributed by atoms with Gasteiger partial charge in [-0.2, -0.15) is 0 Å². The van der Waals surface area contributed by atoms with Gasteiger partial charge in [0.1, 0.15) is 5.15 Å². The van der Waals surface area contributed by atoms with Crippen molar-refractivity contribution in [2.45, 2.75) is 25.4 Å². The van der Waals surface area contributed by atoms with Gasteiger partial charge in [-0.15, -0.1) is 0 Å². The molecule has 0 aromatic carbocycles. The Bertz CT molecular complexity index is 448. The standard InChI is InChI=1S/C12H14ClNO3/c1-16-9-5-3-4-7-8(12(15)17-2)6-10(13)14-11(7)9/h6,9H,3-5H2,1-2H3. The zero-order chi connectivity index (χ0) is 12.4. The fraction of sp³-hybridized carbons (Fsp3) is 0.500. The van der Waals surface area contributed by atoms with E-state index in [0.717, 1.165) is 30.5 Å². The maximum atomic E-state index is 11.7. The molecule has 0 saturated heterocycles. The number of carbonyl (C=O) groups excluding carboxylic acids is 1. The van der Waals surface area contributed by atoms with Gasteiger partial charge in [-0.25, -0.2) is 9.78 Å². The summed E-state index contributed by atoms with van der Waals surface area (Å²) in [6.07, 6.45) is 2.60. The molecule has 0 radical (unpaired) electrons. The number of methoxy groups -OCH3 is 2. The zero-order valence-corrected chi connectivity index (χ0v) is 10.6. The van der Waals surface area contributed by atoms with Crippen LogP contribution in [0.5, 0.6) is 0 Å². The lowest BCUT2D eigenvalue weighted by molar-refractivity contribution is 0.0594. The number of pyridine rings is 1. The van der Waals surface area contributed by atoms with Crippen molar-refractivity contribution in [1.29, 1.82) is 0 Å². The van der Waals surface area contributed by atoms with Crippen LogP contribution >= 0.6 is 11.6 Å². The van der Waals surface area contributed by atoms with Crippen LogP contribution in [0, 0.1) is 0 Å². The minimum atomic E-state index is -0.373. The number of halogens is 1. The van der Waals surface area contributed by atoms with Gasteiger partial charge in [0.25, 0.3) is 0 Å². The van der Waals surface area contributed by atoms with Gasteiger partial charge < -0.3 is 9.47 Å². The third kappa shape index (κ3) is 2.28. The second-order valence-electron chi connectivity index (χ2n) is 3.96. The maximum absolute atomic E-state index is 11.7. The van der Waals surface area contributed by atoms with E-state index in [9.17, 15) is 4.79 Å². The van der Waals surface area contributed by atoms with Crippen LogP contribution in [-0.4, -0.2) is 25.2 Å². The average molecular weight is 256 g/mol. The summed E-state index contributed by atoms with van der Waals surface area (Å²) in [5.74, 6) is -0.373. The van der Waals surface area contributed by atoms with Crippen LogP contribution in [-0.2, 0) is 15.9 Å². The molecule has 0 fully saturated rings. The summed E-state index contributed by atoms with van der Waals surface area (Å²) < 4.78 is 10.1. The largest absolute Gasteiger partial charge is 0.465 e. The first-order chi connectivity index (χ1) is 8.17. The fourth-order valence-electron chi connectivity index (χ4n) is 2.21. The van der Waals surface area contributed by atoms with E-state index in [1.54, 1.807) is 13.2 Å². The summed E-state index contributed by atoms with van der Waals surface area (Å²) in [6.45, 7) is 0. The molecular weight excluding hydrogens is 242 g/mol. The van der Waals surface area contributed by atoms with E-state index in [0.29, 0.717) is 10.7 Å². The quantitative estimate of drug-likeness (QED) is 0.602. The minimum Gasteiger partial charge on any atom is -0.465 e. The number of aromatic nitrogens is 1. The van der Waals surface area contributed by atoms with Crippen molar-refractivity contribution in [2.75, 3.05) is 14.2 Å². The molecule has 1 aliphatic carbocycles. The first-order valence-corrected chi connectivity index (χ1v) is 5.85. The fourth-order valence-corrected chi connectivity index (χ4v) is 2.41. The molecule has 4 nitrogen and oxygen atoms in total. The lowest BCUT2D eigenvalue weighted by Gasteiger charge is -2.24. The number of hydrogen-bond donors (Lipinski definition) is 0. The van der Waals surface area contributed by atoms with Crippen LogP contribution in [0.4, 0.5) is 0 Å². The molecule has 92 valence electrons. The number of fused-ring (bicyclic) bond motifs is 1. The number of ether oxygens (including phenoxy) is 2. The highest BCUT2D eigenvalue weighted by atomic mass is 35.5. The molecule has 0 amide bonds. The van der Waals surface area contributed by atoms with Crippen molar-refractivity contribution in [3.63, 3.8) is 0 Å². The van der Waals surface area contributed by atoms with Gasteiger partial charge in [0.2, 0.25) is 0 Å². The van der Waals surface area contributed by atoms with E-state index >= 15 is 0 Å². The van der Waals surface area contributed by atoms with Gasteiger partial charge in [-0.1, -0.05) is 11.6 Å². The first-order valence-electron chi connectivity index (χ1n) is 5.47. The van der Waals surface area contributed by atoms with E-state index < -0.39 is 0 Å². The summed E-state index contributed by atoms with van der Waals surface area (Å²) in [7, 11) is 3.00. The van der Waals surface area contributed by atoms with Crippen molar-refractivity contribution in [3.05, 3.63) is 28.0 Å². The molecule has 2 rings (SSSR count). The van der Waals surface area contributed by atoms with Crippen LogP contribution in [0.15, 0.2) is 6.07 Å². The van der Waals surface area contributed by atoms with E-state index in [1.807, 2.05) is 0 Å². The lowest BCUT2D eigenvalue weighted by atomic mass is 9.90. The van der Waals surface area contributed by atoms with Gasteiger partial charge >= 0.3 is 5.97 Å². The Labute approximate surface area is 105 Å². The number of carbonyl (C=O) groups is 1. The van der Waals surface area contributed by atoms with E-state index in [2.05, 4.69) is 4.98 Å². The molecule has 1 unspecified atom stereocenters. The maximum Gasteiger partial charge on any atom is 0.338 e. The van der Waals surface area contributed by atoms with Gasteiger partial charge in [0.15, 0.2) is 0 Å². The average Bonchev–Trinajstić information content (AvgIpc) is 2.36. The molecule has 0 spiro atoms. The summed E-state index contributed by atoms with van der Waals surface area (Å²) in [4.78, 5) is 16.0. The monoisotopic (exact) mass is 255 g/mol. The Balaban J connectivity index is 2.55. The molecule has 1 atom stereocenters. The Morgan fingerprint density at radius 3 is 2.94 bits per heavy atom. The predicted molar refractivity (Wildman–Crippen MR) is 63.3 cm³/mol. The van der Waals surface area contributed by atoms with Crippen LogP contribution in [0.1, 0.15) is 40.6 Å². The molecule has 0 aliphatic heterocycles. The third-order valence-electron chi connectivity index (χ3n) is 3.01. The third-order valence-corrected chi connectivity index (χ3v) is 3.21. The highest BCUT2D eigenvalue weighted by molar-refractivity contribution is 6.29. The first kappa shape index (κ1) is 12.3. The van der Waals surface area contributed by atoms with E-state index in [-0.39, 0.29) is 12.1 Å². The lowest BCUT2D eigenvalue weighted by Crippen LogP contribution is -2.18. The highest BCUT2D eigenvalue weighted by Crippen LogP contribution is 2.34. The molecule has 1 aromatic rings. The Kier molecular flexibility index (Phi) is 3.64. The number of nitrogens with zero attached hydrogens (tertiary/aromatic N) is 1. The smallest absolute Gasteiger partial charge is 0.338 e. The molecule has 1 heterocycles. The Morgan fingerprint density at radius 1 is 1.53 bits per heavy atom. The Hall–Kier alpha value is -1.13. The SMILES string of the molecule is COC(=O)c1cc(Cl)nc2c1CCCC2OC. The highest BCUT2D eigenvalue weighted by Gasteiger charge is 2.27. The molecular formula is C12H14ClNO3. The molecule has 0 bridgehead atoms. The van der Waals surface area contributed by atoms with E-state index in [1.165, 1.54) is 7.11 Å². The van der Waals surface area contributed by atoms with Gasteiger partial charge in [-0.05, 0) is 30.9 Å². The van der Waals surface area contributed by atoms with Crippen LogP contribution in [0.3, 0.4) is 0 Å². The summed E-state index contributed by atoms with van der Waals surface area (Å²) in [5, 5.41) is 0.299.